The van der Waals surface area contributed by atoms with Crippen molar-refractivity contribution < 1.29 is 8.42 Å². The van der Waals surface area contributed by atoms with Gasteiger partial charge in [-0.25, -0.2) is 18.4 Å². The van der Waals surface area contributed by atoms with Crippen molar-refractivity contribution in [3.63, 3.8) is 0 Å². The fraction of sp³-hybridized carbons (Fsp3) is 0.281. The topological polar surface area (TPSA) is 103 Å². The van der Waals surface area contributed by atoms with Crippen LogP contribution in [0.5, 0.6) is 0 Å². The van der Waals surface area contributed by atoms with Crippen LogP contribution in [0.1, 0.15) is 17.7 Å². The lowest BCUT2D eigenvalue weighted by atomic mass is 10.1. The quantitative estimate of drug-likeness (QED) is 0.254. The van der Waals surface area contributed by atoms with Gasteiger partial charge in [-0.15, -0.1) is 0 Å². The summed E-state index contributed by atoms with van der Waals surface area (Å²) in [7, 11) is -0.0775. The molecular weight excluding hydrogens is 546 g/mol. The van der Waals surface area contributed by atoms with Crippen LogP contribution in [-0.2, 0) is 22.9 Å². The maximum Gasteiger partial charge on any atom is 0.242 e. The first-order chi connectivity index (χ1) is 20.4. The number of anilines is 2. The smallest absolute Gasteiger partial charge is 0.242 e. The van der Waals surface area contributed by atoms with Gasteiger partial charge in [0, 0.05) is 50.7 Å². The van der Waals surface area contributed by atoms with Crippen LogP contribution in [0.4, 0.5) is 11.6 Å². The Labute approximate surface area is 248 Å². The van der Waals surface area contributed by atoms with E-state index in [2.05, 4.69) is 46.0 Å². The molecule has 2 N–H and O–H groups in total. The number of nitrogens with zero attached hydrogens (tertiary/aromatic N) is 5. The summed E-state index contributed by atoms with van der Waals surface area (Å²) in [4.78, 5) is 16.4. The van der Waals surface area contributed by atoms with Crippen LogP contribution in [0.15, 0.2) is 101 Å². The highest BCUT2D eigenvalue weighted by atomic mass is 32.2. The first kappa shape index (κ1) is 29.2. The maximum absolute atomic E-state index is 13.0. The van der Waals surface area contributed by atoms with Gasteiger partial charge in [-0.3, -0.25) is 4.99 Å². The summed E-state index contributed by atoms with van der Waals surface area (Å²) in [5.41, 5.74) is 5.01. The Bertz CT molecular complexity index is 1600. The second-order valence-corrected chi connectivity index (χ2v) is 12.3. The molecule has 0 saturated carbocycles. The third-order valence-corrected chi connectivity index (χ3v) is 9.04. The standard InChI is InChI=1S/C32H37N7O2S/c1-38(22-23-39(2)42(40,41)29-14-7-4-8-15-29)32-36-28(13-9-12-25-10-5-3-6-11-25)24-30(37-32)26-16-18-27(19-17-26)35-31-33-20-21-34-31/h3-8,10-11,14-19,24H,9,12-13,20-23H2,1-2H3,(H2,33,34,35). The van der Waals surface area contributed by atoms with Gasteiger partial charge in [-0.2, -0.15) is 4.31 Å². The number of benzene rings is 3. The van der Waals surface area contributed by atoms with Gasteiger partial charge in [0.2, 0.25) is 16.0 Å². The zero-order valence-electron chi connectivity index (χ0n) is 24.1. The SMILES string of the molecule is CN(CCN(C)S(=O)(=O)c1ccccc1)c1nc(CCCc2ccccc2)cc(-c2ccc(NC3=NCCN3)cc2)n1. The molecule has 1 aromatic heterocycles. The minimum atomic E-state index is -3.58. The maximum atomic E-state index is 13.0. The summed E-state index contributed by atoms with van der Waals surface area (Å²) in [6.07, 6.45) is 2.73. The lowest BCUT2D eigenvalue weighted by Crippen LogP contribution is -2.35. The second kappa shape index (κ2) is 13.6. The Morgan fingerprint density at radius 3 is 2.26 bits per heavy atom. The van der Waals surface area contributed by atoms with E-state index in [0.717, 1.165) is 61.0 Å². The highest BCUT2D eigenvalue weighted by Gasteiger charge is 2.21. The van der Waals surface area contributed by atoms with Gasteiger partial charge < -0.3 is 15.5 Å². The number of hydrogen-bond donors (Lipinski definition) is 2. The van der Waals surface area contributed by atoms with Crippen LogP contribution in [0, 0.1) is 0 Å². The van der Waals surface area contributed by atoms with Gasteiger partial charge >= 0.3 is 0 Å². The van der Waals surface area contributed by atoms with Gasteiger partial charge in [0.05, 0.1) is 17.1 Å². The van der Waals surface area contributed by atoms with Gasteiger partial charge in [0.15, 0.2) is 5.96 Å². The number of rotatable bonds is 12. The Hall–Kier alpha value is -4.28. The molecule has 218 valence electrons. The lowest BCUT2D eigenvalue weighted by molar-refractivity contribution is 0.473. The monoisotopic (exact) mass is 583 g/mol. The van der Waals surface area contributed by atoms with Gasteiger partial charge in [-0.05, 0) is 55.2 Å². The Morgan fingerprint density at radius 2 is 1.57 bits per heavy atom. The fourth-order valence-electron chi connectivity index (χ4n) is 4.67. The minimum absolute atomic E-state index is 0.280. The molecule has 0 radical (unpaired) electrons. The van der Waals surface area contributed by atoms with E-state index in [-0.39, 0.29) is 4.90 Å². The first-order valence-electron chi connectivity index (χ1n) is 14.2. The molecule has 0 saturated heterocycles. The average Bonchev–Trinajstić information content (AvgIpc) is 3.54. The number of aliphatic imine (C=N–C) groups is 1. The van der Waals surface area contributed by atoms with Crippen LogP contribution >= 0.6 is 0 Å². The fourth-order valence-corrected chi connectivity index (χ4v) is 5.86. The highest BCUT2D eigenvalue weighted by Crippen LogP contribution is 2.24. The molecule has 3 aromatic carbocycles. The summed E-state index contributed by atoms with van der Waals surface area (Å²) >= 11 is 0. The lowest BCUT2D eigenvalue weighted by Gasteiger charge is -2.23. The third-order valence-electron chi connectivity index (χ3n) is 7.17. The van der Waals surface area contributed by atoms with Crippen molar-refractivity contribution in [1.29, 1.82) is 0 Å². The summed E-state index contributed by atoms with van der Waals surface area (Å²) in [5.74, 6) is 1.35. The number of aromatic nitrogens is 2. The minimum Gasteiger partial charge on any atom is -0.354 e. The van der Waals surface area contributed by atoms with Crippen LogP contribution in [0.25, 0.3) is 11.3 Å². The number of aryl methyl sites for hydroxylation is 2. The second-order valence-electron chi connectivity index (χ2n) is 10.3. The zero-order valence-corrected chi connectivity index (χ0v) is 24.9. The van der Waals surface area contributed by atoms with E-state index >= 15 is 0 Å². The van der Waals surface area contributed by atoms with Gasteiger partial charge in [0.1, 0.15) is 0 Å². The summed E-state index contributed by atoms with van der Waals surface area (Å²) < 4.78 is 27.4. The van der Waals surface area contributed by atoms with Gasteiger partial charge in [-0.1, -0.05) is 60.7 Å². The molecule has 42 heavy (non-hydrogen) atoms. The summed E-state index contributed by atoms with van der Waals surface area (Å²) in [6, 6.07) is 29.1. The van der Waals surface area contributed by atoms with E-state index in [1.807, 2.05) is 42.3 Å². The highest BCUT2D eigenvalue weighted by molar-refractivity contribution is 7.89. The van der Waals surface area contributed by atoms with Crippen LogP contribution < -0.4 is 15.5 Å². The van der Waals surface area contributed by atoms with Crippen molar-refractivity contribution in [3.05, 3.63) is 102 Å². The van der Waals surface area contributed by atoms with E-state index in [4.69, 9.17) is 9.97 Å². The first-order valence-corrected chi connectivity index (χ1v) is 15.6. The molecule has 1 aliphatic heterocycles. The molecule has 5 rings (SSSR count). The molecule has 0 atom stereocenters. The molecule has 4 aromatic rings. The Morgan fingerprint density at radius 1 is 0.857 bits per heavy atom. The predicted octanol–water partition coefficient (Wildman–Crippen LogP) is 4.45. The van der Waals surface area contributed by atoms with E-state index in [1.165, 1.54) is 9.87 Å². The van der Waals surface area contributed by atoms with Gasteiger partial charge in [0.25, 0.3) is 0 Å². The average molecular weight is 584 g/mol. The summed E-state index contributed by atoms with van der Waals surface area (Å²) in [6.45, 7) is 2.35. The van der Waals surface area contributed by atoms with E-state index < -0.39 is 10.0 Å². The molecule has 0 aliphatic carbocycles. The summed E-state index contributed by atoms with van der Waals surface area (Å²) in [5, 5.41) is 6.52. The van der Waals surface area contributed by atoms with Crippen molar-refractivity contribution in [1.82, 2.24) is 19.6 Å². The molecule has 0 fully saturated rings. The largest absolute Gasteiger partial charge is 0.354 e. The van der Waals surface area contributed by atoms with Crippen molar-refractivity contribution in [2.75, 3.05) is 50.5 Å². The van der Waals surface area contributed by atoms with E-state index in [1.54, 1.807) is 37.4 Å². The third kappa shape index (κ3) is 7.51. The van der Waals surface area contributed by atoms with Crippen LogP contribution in [-0.4, -0.2) is 68.9 Å². The molecule has 9 nitrogen and oxygen atoms in total. The molecule has 10 heteroatoms. The normalized spacial score (nSPS) is 13.1. The Kier molecular flexibility index (Phi) is 9.45. The molecule has 0 unspecified atom stereocenters. The number of sulfonamides is 1. The number of likely N-dealkylation sites (N-methyl/N-ethyl adjacent to an activating group) is 2. The van der Waals surface area contributed by atoms with Crippen LogP contribution in [0.2, 0.25) is 0 Å². The number of nitrogens with one attached hydrogen (secondary N) is 2. The zero-order chi connectivity index (χ0) is 29.4. The molecule has 2 heterocycles. The van der Waals surface area contributed by atoms with E-state index in [9.17, 15) is 8.42 Å². The molecular formula is C32H37N7O2S. The van der Waals surface area contributed by atoms with Crippen molar-refractivity contribution in [2.45, 2.75) is 24.2 Å². The van der Waals surface area contributed by atoms with Crippen molar-refractivity contribution in [2.24, 2.45) is 4.99 Å². The van der Waals surface area contributed by atoms with Crippen molar-refractivity contribution in [3.8, 4) is 11.3 Å². The molecule has 0 amide bonds. The van der Waals surface area contributed by atoms with E-state index in [0.29, 0.717) is 19.0 Å². The Balaban J connectivity index is 1.32. The molecule has 0 bridgehead atoms. The number of guanidine groups is 1. The predicted molar refractivity (Wildman–Crippen MR) is 169 cm³/mol. The molecule has 0 spiro atoms. The molecule has 1 aliphatic rings. The number of hydrogen-bond acceptors (Lipinski definition) is 8. The van der Waals surface area contributed by atoms with Crippen LogP contribution in [0.3, 0.4) is 0 Å². The van der Waals surface area contributed by atoms with Crippen molar-refractivity contribution >= 4 is 27.6 Å².